The number of para-hydroxylation sites is 1. The topological polar surface area (TPSA) is 138 Å². The smallest absolute Gasteiger partial charge is 0.236 e. The van der Waals surface area contributed by atoms with Crippen molar-refractivity contribution in [1.82, 2.24) is 15.2 Å². The summed E-state index contributed by atoms with van der Waals surface area (Å²) in [6.45, 7) is 0. The van der Waals surface area contributed by atoms with E-state index in [4.69, 9.17) is 17.3 Å². The van der Waals surface area contributed by atoms with Crippen molar-refractivity contribution in [2.75, 3.05) is 16.0 Å². The van der Waals surface area contributed by atoms with Gasteiger partial charge in [-0.1, -0.05) is 76.4 Å². The molecule has 2 aliphatic rings. The quantitative estimate of drug-likeness (QED) is 0.260. The molecule has 4 aromatic rings. The molecule has 1 atom stereocenters. The van der Waals surface area contributed by atoms with Crippen molar-refractivity contribution in [2.45, 2.75) is 29.5 Å². The fourth-order valence-electron chi connectivity index (χ4n) is 4.88. The minimum atomic E-state index is -0.647. The first-order valence-corrected chi connectivity index (χ1v) is 15.3. The highest BCUT2D eigenvalue weighted by Gasteiger charge is 2.41. The molecule has 2 aromatic heterocycles. The maximum Gasteiger partial charge on any atom is 0.236 e. The predicted octanol–water partition coefficient (Wildman–Crippen LogP) is 5.84. The molecule has 1 unspecified atom stereocenters. The SMILES string of the molecule is N#CC1=C(N)N(c2nnc(SCC(=O)Nc3nc4ccccc4s3)s2)C2=C(C(=O)CCC2)C1c1ccccc1Cl. The van der Waals surface area contributed by atoms with Crippen LogP contribution in [0.25, 0.3) is 10.2 Å². The molecule has 0 saturated heterocycles. The summed E-state index contributed by atoms with van der Waals surface area (Å²) >= 11 is 10.4. The Hall–Kier alpha value is -3.76. The molecule has 0 fully saturated rings. The molecule has 2 aromatic carbocycles. The van der Waals surface area contributed by atoms with Crippen LogP contribution in [0.4, 0.5) is 10.3 Å². The van der Waals surface area contributed by atoms with Gasteiger partial charge in [0.15, 0.2) is 15.3 Å². The average molecular weight is 606 g/mol. The summed E-state index contributed by atoms with van der Waals surface area (Å²) in [4.78, 5) is 32.0. The summed E-state index contributed by atoms with van der Waals surface area (Å²) in [5, 5.41) is 23.0. The van der Waals surface area contributed by atoms with Gasteiger partial charge in [-0.15, -0.1) is 10.2 Å². The number of benzene rings is 2. The van der Waals surface area contributed by atoms with E-state index in [9.17, 15) is 14.9 Å². The molecule has 6 rings (SSSR count). The number of halogens is 1. The highest BCUT2D eigenvalue weighted by molar-refractivity contribution is 8.01. The molecule has 0 spiro atoms. The Morgan fingerprint density at radius 3 is 2.77 bits per heavy atom. The number of carbonyl (C=O) groups excluding carboxylic acids is 2. The number of aromatic nitrogens is 3. The number of nitriles is 1. The summed E-state index contributed by atoms with van der Waals surface area (Å²) in [6, 6.07) is 17.1. The van der Waals surface area contributed by atoms with Crippen molar-refractivity contribution in [3.63, 3.8) is 0 Å². The molecule has 200 valence electrons. The normalized spacial score (nSPS) is 17.2. The zero-order chi connectivity index (χ0) is 27.8. The minimum Gasteiger partial charge on any atom is -0.384 e. The molecule has 0 saturated carbocycles. The number of amides is 1. The number of allylic oxidation sites excluding steroid dienone is 3. The number of thioether (sulfide) groups is 1. The summed E-state index contributed by atoms with van der Waals surface area (Å²) in [7, 11) is 0. The molecule has 40 heavy (non-hydrogen) atoms. The Morgan fingerprint density at radius 2 is 1.98 bits per heavy atom. The van der Waals surface area contributed by atoms with E-state index in [1.807, 2.05) is 36.4 Å². The van der Waals surface area contributed by atoms with E-state index in [0.29, 0.717) is 55.7 Å². The van der Waals surface area contributed by atoms with Crippen LogP contribution in [-0.2, 0) is 9.59 Å². The number of nitrogens with two attached hydrogens (primary N) is 1. The summed E-state index contributed by atoms with van der Waals surface area (Å²) in [5.41, 5.74) is 9.56. The Bertz CT molecular complexity index is 1740. The number of nitrogens with zero attached hydrogens (tertiary/aromatic N) is 5. The van der Waals surface area contributed by atoms with Crippen LogP contribution in [0.15, 0.2) is 75.5 Å². The lowest BCUT2D eigenvalue weighted by atomic mass is 9.76. The Morgan fingerprint density at radius 1 is 1.18 bits per heavy atom. The van der Waals surface area contributed by atoms with Gasteiger partial charge in [0.25, 0.3) is 0 Å². The summed E-state index contributed by atoms with van der Waals surface area (Å²) in [5.74, 6) is -0.592. The Kier molecular flexibility index (Phi) is 7.29. The third-order valence-electron chi connectivity index (χ3n) is 6.58. The number of fused-ring (bicyclic) bond motifs is 1. The van der Waals surface area contributed by atoms with Crippen molar-refractivity contribution in [2.24, 2.45) is 5.73 Å². The van der Waals surface area contributed by atoms with Crippen LogP contribution in [0.1, 0.15) is 30.7 Å². The van der Waals surface area contributed by atoms with E-state index in [0.717, 1.165) is 10.2 Å². The van der Waals surface area contributed by atoms with E-state index in [-0.39, 0.29) is 28.8 Å². The number of nitrogens with one attached hydrogen (secondary N) is 1. The van der Waals surface area contributed by atoms with Crippen LogP contribution < -0.4 is 16.0 Å². The standard InChI is InChI=1S/C27H20ClN7O2S3/c28-16-7-2-1-6-14(16)22-15(12-29)24(30)35(18-9-5-10-19(36)23(18)22)26-33-34-27(40-26)38-13-21(37)32-25-31-17-8-3-4-11-20(17)39-25/h1-4,6-8,11,22H,5,9-10,13,30H2,(H,31,32,37). The van der Waals surface area contributed by atoms with Crippen LogP contribution >= 0.6 is 46.0 Å². The van der Waals surface area contributed by atoms with Crippen LogP contribution in [0.5, 0.6) is 0 Å². The average Bonchev–Trinajstić information content (AvgIpc) is 3.58. The van der Waals surface area contributed by atoms with Gasteiger partial charge in [0.2, 0.25) is 11.0 Å². The second-order valence-corrected chi connectivity index (χ2v) is 12.6. The third-order valence-corrected chi connectivity index (χ3v) is 9.92. The predicted molar refractivity (Wildman–Crippen MR) is 158 cm³/mol. The number of hydrogen-bond donors (Lipinski definition) is 2. The van der Waals surface area contributed by atoms with Crippen molar-refractivity contribution >= 4 is 78.2 Å². The van der Waals surface area contributed by atoms with Gasteiger partial charge in [0.1, 0.15) is 5.82 Å². The van der Waals surface area contributed by atoms with Crippen molar-refractivity contribution in [3.05, 3.63) is 81.8 Å². The maximum absolute atomic E-state index is 13.3. The first kappa shape index (κ1) is 26.5. The summed E-state index contributed by atoms with van der Waals surface area (Å²) in [6.07, 6.45) is 1.63. The van der Waals surface area contributed by atoms with Gasteiger partial charge in [-0.2, -0.15) is 5.26 Å². The fourth-order valence-corrected chi connectivity index (χ4v) is 7.69. The van der Waals surface area contributed by atoms with Gasteiger partial charge in [0.05, 0.1) is 33.5 Å². The monoisotopic (exact) mass is 605 g/mol. The van der Waals surface area contributed by atoms with Crippen molar-refractivity contribution in [3.8, 4) is 6.07 Å². The van der Waals surface area contributed by atoms with E-state index < -0.39 is 5.92 Å². The number of ketones is 1. The minimum absolute atomic E-state index is 0.0398. The molecule has 1 aliphatic carbocycles. The van der Waals surface area contributed by atoms with Gasteiger partial charge >= 0.3 is 0 Å². The van der Waals surface area contributed by atoms with E-state index in [1.165, 1.54) is 34.4 Å². The van der Waals surface area contributed by atoms with E-state index in [1.54, 1.807) is 17.0 Å². The van der Waals surface area contributed by atoms with Crippen LogP contribution in [-0.4, -0.2) is 32.6 Å². The molecule has 3 N–H and O–H groups in total. The van der Waals surface area contributed by atoms with Crippen LogP contribution in [0.3, 0.4) is 0 Å². The number of hydrogen-bond acceptors (Lipinski definition) is 11. The molecule has 1 amide bonds. The lowest BCUT2D eigenvalue weighted by Gasteiger charge is -2.38. The Balaban J connectivity index is 1.25. The number of Topliss-reactive ketones (excluding diaryl/α,β-unsaturated/α-hetero) is 1. The molecule has 0 radical (unpaired) electrons. The lowest BCUT2D eigenvalue weighted by molar-refractivity contribution is -0.116. The second kappa shape index (κ2) is 11.0. The Labute approximate surface area is 246 Å². The number of rotatable bonds is 6. The van der Waals surface area contributed by atoms with Gasteiger partial charge in [-0.25, -0.2) is 4.98 Å². The molecule has 0 bridgehead atoms. The maximum atomic E-state index is 13.3. The second-order valence-electron chi connectivity index (χ2n) is 9.01. The molecule has 13 heteroatoms. The molecule has 1 aliphatic heterocycles. The summed E-state index contributed by atoms with van der Waals surface area (Å²) < 4.78 is 1.55. The highest BCUT2D eigenvalue weighted by Crippen LogP contribution is 2.48. The van der Waals surface area contributed by atoms with Crippen LogP contribution in [0, 0.1) is 11.3 Å². The lowest BCUT2D eigenvalue weighted by Crippen LogP contribution is -2.38. The van der Waals surface area contributed by atoms with Crippen molar-refractivity contribution < 1.29 is 9.59 Å². The molecule has 3 heterocycles. The van der Waals surface area contributed by atoms with Crippen LogP contribution in [0.2, 0.25) is 5.02 Å². The fraction of sp³-hybridized carbons (Fsp3) is 0.185. The highest BCUT2D eigenvalue weighted by atomic mass is 35.5. The van der Waals surface area contributed by atoms with Crippen molar-refractivity contribution in [1.29, 1.82) is 5.26 Å². The molecular formula is C27H20ClN7O2S3. The van der Waals surface area contributed by atoms with E-state index in [2.05, 4.69) is 26.6 Å². The largest absolute Gasteiger partial charge is 0.384 e. The van der Waals surface area contributed by atoms with Gasteiger partial charge in [-0.05, 0) is 36.6 Å². The number of anilines is 2. The number of thiazole rings is 1. The zero-order valence-electron chi connectivity index (χ0n) is 20.8. The molecule has 9 nitrogen and oxygen atoms in total. The van der Waals surface area contributed by atoms with E-state index >= 15 is 0 Å². The first-order chi connectivity index (χ1) is 19.4. The third kappa shape index (κ3) is 4.86. The van der Waals surface area contributed by atoms with Gasteiger partial charge < -0.3 is 11.1 Å². The number of carbonyl (C=O) groups is 2. The molecular weight excluding hydrogens is 586 g/mol. The first-order valence-electron chi connectivity index (χ1n) is 12.3. The van der Waals surface area contributed by atoms with Gasteiger partial charge in [0, 0.05) is 22.7 Å². The zero-order valence-corrected chi connectivity index (χ0v) is 24.0. The van der Waals surface area contributed by atoms with Gasteiger partial charge in [-0.3, -0.25) is 14.5 Å².